The van der Waals surface area contributed by atoms with Crippen molar-refractivity contribution in [2.75, 3.05) is 19.0 Å². The molecule has 0 saturated carbocycles. The van der Waals surface area contributed by atoms with Gasteiger partial charge in [0.05, 0.1) is 0 Å². The molecule has 2 aromatic rings. The number of allylic oxidation sites excluding steroid dienone is 1. The van der Waals surface area contributed by atoms with Crippen LogP contribution in [0.2, 0.25) is 0 Å². The average molecular weight is 269 g/mol. The molecule has 0 aliphatic heterocycles. The molecule has 0 atom stereocenters. The van der Waals surface area contributed by atoms with E-state index in [0.29, 0.717) is 5.56 Å². The summed E-state index contributed by atoms with van der Waals surface area (Å²) in [6, 6.07) is 13.4. The van der Waals surface area contributed by atoms with Crippen molar-refractivity contribution in [3.8, 4) is 0 Å². The van der Waals surface area contributed by atoms with Gasteiger partial charge in [0.2, 0.25) is 0 Å². The van der Waals surface area contributed by atoms with Gasteiger partial charge < -0.3 is 4.90 Å². The van der Waals surface area contributed by atoms with Crippen molar-refractivity contribution in [1.29, 1.82) is 0 Å². The van der Waals surface area contributed by atoms with Gasteiger partial charge in [-0.05, 0) is 48.0 Å². The second kappa shape index (κ2) is 6.15. The van der Waals surface area contributed by atoms with Gasteiger partial charge in [0.15, 0.2) is 5.78 Å². The monoisotopic (exact) mass is 269 g/mol. The lowest BCUT2D eigenvalue weighted by Crippen LogP contribution is -2.08. The first-order chi connectivity index (χ1) is 9.56. The highest BCUT2D eigenvalue weighted by atomic mass is 19.1. The Labute approximate surface area is 118 Å². The lowest BCUT2D eigenvalue weighted by atomic mass is 10.1. The van der Waals surface area contributed by atoms with Crippen LogP contribution in [0, 0.1) is 5.82 Å². The molecule has 0 aliphatic carbocycles. The molecule has 0 fully saturated rings. The molecule has 20 heavy (non-hydrogen) atoms. The Morgan fingerprint density at radius 1 is 1.00 bits per heavy atom. The van der Waals surface area contributed by atoms with Gasteiger partial charge in [-0.1, -0.05) is 18.2 Å². The predicted octanol–water partition coefficient (Wildman–Crippen LogP) is 3.79. The summed E-state index contributed by atoms with van der Waals surface area (Å²) in [4.78, 5) is 14.0. The number of benzene rings is 2. The van der Waals surface area contributed by atoms with E-state index in [0.717, 1.165) is 11.3 Å². The van der Waals surface area contributed by atoms with E-state index in [1.165, 1.54) is 18.2 Å². The van der Waals surface area contributed by atoms with Crippen LogP contribution in [0.15, 0.2) is 54.6 Å². The number of ketones is 1. The third kappa shape index (κ3) is 3.54. The summed E-state index contributed by atoms with van der Waals surface area (Å²) < 4.78 is 12.8. The SMILES string of the molecule is CN(C)c1ccc(C(=O)/C=C/c2ccc(F)cc2)cc1. The number of carbonyl (C=O) groups excluding carboxylic acids is 1. The minimum Gasteiger partial charge on any atom is -0.378 e. The molecular formula is C17H16FNO. The number of hydrogen-bond donors (Lipinski definition) is 0. The largest absolute Gasteiger partial charge is 0.378 e. The van der Waals surface area contributed by atoms with Crippen LogP contribution in [0.1, 0.15) is 15.9 Å². The van der Waals surface area contributed by atoms with Crippen LogP contribution in [-0.4, -0.2) is 19.9 Å². The molecular weight excluding hydrogens is 253 g/mol. The van der Waals surface area contributed by atoms with Crippen molar-refractivity contribution in [2.45, 2.75) is 0 Å². The van der Waals surface area contributed by atoms with E-state index >= 15 is 0 Å². The van der Waals surface area contributed by atoms with Crippen LogP contribution in [-0.2, 0) is 0 Å². The standard InChI is InChI=1S/C17H16FNO/c1-19(2)16-10-6-14(7-11-16)17(20)12-5-13-3-8-15(18)9-4-13/h3-12H,1-2H3/b12-5+. The van der Waals surface area contributed by atoms with E-state index in [4.69, 9.17) is 0 Å². The minimum absolute atomic E-state index is 0.0698. The van der Waals surface area contributed by atoms with Gasteiger partial charge in [-0.3, -0.25) is 4.79 Å². The lowest BCUT2D eigenvalue weighted by Gasteiger charge is -2.11. The van der Waals surface area contributed by atoms with E-state index in [1.807, 2.05) is 31.1 Å². The van der Waals surface area contributed by atoms with Gasteiger partial charge in [0.1, 0.15) is 5.82 Å². The summed E-state index contributed by atoms with van der Waals surface area (Å²) in [6.07, 6.45) is 3.18. The predicted molar refractivity (Wildman–Crippen MR) is 80.5 cm³/mol. The van der Waals surface area contributed by atoms with Gasteiger partial charge in [-0.25, -0.2) is 4.39 Å². The zero-order valence-corrected chi connectivity index (χ0v) is 11.5. The fraction of sp³-hybridized carbons (Fsp3) is 0.118. The van der Waals surface area contributed by atoms with Crippen LogP contribution in [0.5, 0.6) is 0 Å². The molecule has 2 nitrogen and oxygen atoms in total. The zero-order valence-electron chi connectivity index (χ0n) is 11.5. The molecule has 102 valence electrons. The summed E-state index contributed by atoms with van der Waals surface area (Å²) in [7, 11) is 3.90. The Bertz CT molecular complexity index is 612. The van der Waals surface area contributed by atoms with Crippen LogP contribution in [0.4, 0.5) is 10.1 Å². The molecule has 0 saturated heterocycles. The van der Waals surface area contributed by atoms with E-state index < -0.39 is 0 Å². The van der Waals surface area contributed by atoms with E-state index in [-0.39, 0.29) is 11.6 Å². The van der Waals surface area contributed by atoms with Crippen LogP contribution >= 0.6 is 0 Å². The fourth-order valence-electron chi connectivity index (χ4n) is 1.77. The van der Waals surface area contributed by atoms with Gasteiger partial charge >= 0.3 is 0 Å². The number of carbonyl (C=O) groups is 1. The molecule has 0 aliphatic rings. The topological polar surface area (TPSA) is 20.3 Å². The molecule has 2 rings (SSSR count). The highest BCUT2D eigenvalue weighted by Crippen LogP contribution is 2.13. The van der Waals surface area contributed by atoms with Crippen molar-refractivity contribution in [2.24, 2.45) is 0 Å². The first-order valence-electron chi connectivity index (χ1n) is 6.31. The Balaban J connectivity index is 2.09. The number of nitrogens with zero attached hydrogens (tertiary/aromatic N) is 1. The Morgan fingerprint density at radius 2 is 1.60 bits per heavy atom. The molecule has 0 N–H and O–H groups in total. The fourth-order valence-corrected chi connectivity index (χ4v) is 1.77. The summed E-state index contributed by atoms with van der Waals surface area (Å²) in [5, 5.41) is 0. The van der Waals surface area contributed by atoms with Crippen LogP contribution in [0.3, 0.4) is 0 Å². The van der Waals surface area contributed by atoms with Crippen LogP contribution < -0.4 is 4.90 Å². The van der Waals surface area contributed by atoms with Crippen molar-refractivity contribution in [3.05, 3.63) is 71.6 Å². The Hall–Kier alpha value is -2.42. The van der Waals surface area contributed by atoms with Crippen molar-refractivity contribution in [3.63, 3.8) is 0 Å². The molecule has 3 heteroatoms. The second-order valence-electron chi connectivity index (χ2n) is 4.69. The Morgan fingerprint density at radius 3 is 2.15 bits per heavy atom. The quantitative estimate of drug-likeness (QED) is 0.621. The molecule has 0 heterocycles. The van der Waals surface area contributed by atoms with E-state index in [1.54, 1.807) is 30.3 Å². The number of anilines is 1. The third-order valence-corrected chi connectivity index (χ3v) is 2.97. The average Bonchev–Trinajstić information content (AvgIpc) is 2.46. The maximum Gasteiger partial charge on any atom is 0.185 e. The molecule has 2 aromatic carbocycles. The smallest absolute Gasteiger partial charge is 0.185 e. The van der Waals surface area contributed by atoms with Crippen LogP contribution in [0.25, 0.3) is 6.08 Å². The molecule has 0 amide bonds. The lowest BCUT2D eigenvalue weighted by molar-refractivity contribution is 0.104. The molecule has 0 aromatic heterocycles. The highest BCUT2D eigenvalue weighted by molar-refractivity contribution is 6.06. The number of rotatable bonds is 4. The first kappa shape index (κ1) is 14.0. The molecule has 0 spiro atoms. The molecule has 0 unspecified atom stereocenters. The summed E-state index contributed by atoms with van der Waals surface area (Å²) in [5.74, 6) is -0.354. The highest BCUT2D eigenvalue weighted by Gasteiger charge is 2.02. The van der Waals surface area contributed by atoms with Gasteiger partial charge in [-0.2, -0.15) is 0 Å². The zero-order chi connectivity index (χ0) is 14.5. The van der Waals surface area contributed by atoms with Crippen molar-refractivity contribution < 1.29 is 9.18 Å². The number of hydrogen-bond acceptors (Lipinski definition) is 2. The summed E-state index contributed by atoms with van der Waals surface area (Å²) in [5.41, 5.74) is 2.47. The number of halogens is 1. The minimum atomic E-state index is -0.284. The Kier molecular flexibility index (Phi) is 4.31. The summed E-state index contributed by atoms with van der Waals surface area (Å²) in [6.45, 7) is 0. The van der Waals surface area contributed by atoms with E-state index in [2.05, 4.69) is 0 Å². The maximum atomic E-state index is 12.8. The molecule has 0 radical (unpaired) electrons. The normalized spacial score (nSPS) is 10.8. The second-order valence-corrected chi connectivity index (χ2v) is 4.69. The van der Waals surface area contributed by atoms with Gasteiger partial charge in [0, 0.05) is 25.3 Å². The van der Waals surface area contributed by atoms with E-state index in [9.17, 15) is 9.18 Å². The third-order valence-electron chi connectivity index (χ3n) is 2.97. The van der Waals surface area contributed by atoms with Crippen molar-refractivity contribution >= 4 is 17.5 Å². The van der Waals surface area contributed by atoms with Gasteiger partial charge in [0.25, 0.3) is 0 Å². The van der Waals surface area contributed by atoms with Gasteiger partial charge in [-0.15, -0.1) is 0 Å². The molecule has 0 bridgehead atoms. The maximum absolute atomic E-state index is 12.8. The first-order valence-corrected chi connectivity index (χ1v) is 6.31. The van der Waals surface area contributed by atoms with Crippen molar-refractivity contribution in [1.82, 2.24) is 0 Å². The summed E-state index contributed by atoms with van der Waals surface area (Å²) >= 11 is 0.